The maximum absolute atomic E-state index is 4.64. The van der Waals surface area contributed by atoms with E-state index < -0.39 is 0 Å². The molecule has 1 aromatic carbocycles. The van der Waals surface area contributed by atoms with Gasteiger partial charge in [0.05, 0.1) is 11.0 Å². The molecule has 0 spiro atoms. The quantitative estimate of drug-likeness (QED) is 0.406. The second-order valence-electron chi connectivity index (χ2n) is 4.89. The van der Waals surface area contributed by atoms with E-state index in [1.807, 2.05) is 30.5 Å². The van der Waals surface area contributed by atoms with Gasteiger partial charge in [0.25, 0.3) is 0 Å². The summed E-state index contributed by atoms with van der Waals surface area (Å²) < 4.78 is 2.06. The topological polar surface area (TPSA) is 56.0 Å². The van der Waals surface area contributed by atoms with Crippen molar-refractivity contribution >= 4 is 38.7 Å². The Balaban J connectivity index is 2.25. The molecule has 5 aromatic rings. The van der Waals surface area contributed by atoms with Gasteiger partial charge in [0.15, 0.2) is 16.9 Å². The van der Waals surface area contributed by atoms with E-state index >= 15 is 0 Å². The summed E-state index contributed by atoms with van der Waals surface area (Å²) in [5, 5.41) is 2.10. The second-order valence-corrected chi connectivity index (χ2v) is 4.89. The molecule has 4 aromatic heterocycles. The van der Waals surface area contributed by atoms with Gasteiger partial charge < -0.3 is 0 Å². The largest absolute Gasteiger partial charge is 0.275 e. The molecule has 0 radical (unpaired) electrons. The smallest absolute Gasteiger partial charge is 0.198 e. The molecular weight excluding hydrogens is 262 g/mol. The Bertz CT molecular complexity index is 1140. The zero-order valence-electron chi connectivity index (χ0n) is 10.9. The Kier molecular flexibility index (Phi) is 1.90. The van der Waals surface area contributed by atoms with E-state index in [-0.39, 0.29) is 0 Å². The minimum absolute atomic E-state index is 0.652. The molecule has 0 aliphatic rings. The summed E-state index contributed by atoms with van der Waals surface area (Å²) in [4.78, 5) is 17.9. The van der Waals surface area contributed by atoms with Gasteiger partial charge in [-0.2, -0.15) is 0 Å². The lowest BCUT2D eigenvalue weighted by Crippen LogP contribution is -1.93. The molecule has 0 bridgehead atoms. The first-order valence-corrected chi connectivity index (χ1v) is 6.68. The molecule has 5 rings (SSSR count). The Morgan fingerprint density at radius 1 is 0.714 bits per heavy atom. The number of aromatic nitrogens is 5. The molecule has 0 atom stereocenters. The molecule has 0 fully saturated rings. The minimum Gasteiger partial charge on any atom is -0.275 e. The predicted molar refractivity (Wildman–Crippen MR) is 81.1 cm³/mol. The van der Waals surface area contributed by atoms with Gasteiger partial charge in [-0.1, -0.05) is 18.2 Å². The highest BCUT2D eigenvalue weighted by Gasteiger charge is 2.14. The van der Waals surface area contributed by atoms with Crippen LogP contribution in [0.25, 0.3) is 38.7 Å². The SMILES string of the molecule is c1ccc2c(c1)c1ncccc1c1nc3nccnc3n21. The maximum Gasteiger partial charge on any atom is 0.198 e. The van der Waals surface area contributed by atoms with Crippen LogP contribution in [0.2, 0.25) is 0 Å². The average Bonchev–Trinajstić information content (AvgIpc) is 2.95. The van der Waals surface area contributed by atoms with E-state index in [1.165, 1.54) is 0 Å². The van der Waals surface area contributed by atoms with Crippen LogP contribution in [0.5, 0.6) is 0 Å². The van der Waals surface area contributed by atoms with Crippen LogP contribution in [0.4, 0.5) is 0 Å². The van der Waals surface area contributed by atoms with E-state index in [0.29, 0.717) is 5.65 Å². The van der Waals surface area contributed by atoms with Crippen molar-refractivity contribution in [3.63, 3.8) is 0 Å². The fourth-order valence-electron chi connectivity index (χ4n) is 2.89. The standard InChI is InChI=1S/C16H9N5/c1-2-6-12-10(4-1)13-11(5-3-7-17-13)15-20-14-16(21(12)15)19-9-8-18-14/h1-9H. The average molecular weight is 271 g/mol. The number of fused-ring (bicyclic) bond motifs is 8. The molecule has 0 saturated carbocycles. The number of imidazole rings is 1. The maximum atomic E-state index is 4.64. The van der Waals surface area contributed by atoms with Crippen molar-refractivity contribution in [3.8, 4) is 0 Å². The van der Waals surface area contributed by atoms with Gasteiger partial charge >= 0.3 is 0 Å². The Morgan fingerprint density at radius 2 is 1.57 bits per heavy atom. The van der Waals surface area contributed by atoms with Crippen molar-refractivity contribution in [3.05, 3.63) is 55.0 Å². The molecule has 0 unspecified atom stereocenters. The summed E-state index contributed by atoms with van der Waals surface area (Å²) in [6.45, 7) is 0. The number of pyridine rings is 2. The van der Waals surface area contributed by atoms with Crippen molar-refractivity contribution in [1.29, 1.82) is 0 Å². The van der Waals surface area contributed by atoms with Gasteiger partial charge in [-0.3, -0.25) is 9.38 Å². The van der Waals surface area contributed by atoms with Crippen molar-refractivity contribution in [2.75, 3.05) is 0 Å². The van der Waals surface area contributed by atoms with E-state index in [0.717, 1.165) is 33.1 Å². The number of para-hydroxylation sites is 1. The minimum atomic E-state index is 0.652. The van der Waals surface area contributed by atoms with Gasteiger partial charge in [0.2, 0.25) is 0 Å². The molecule has 0 saturated heterocycles. The lowest BCUT2D eigenvalue weighted by atomic mass is 10.1. The molecular formula is C16H9N5. The van der Waals surface area contributed by atoms with Crippen LogP contribution < -0.4 is 0 Å². The van der Waals surface area contributed by atoms with Gasteiger partial charge in [-0.05, 0) is 18.2 Å². The monoisotopic (exact) mass is 271 g/mol. The normalized spacial score (nSPS) is 11.8. The first kappa shape index (κ1) is 10.7. The van der Waals surface area contributed by atoms with Crippen LogP contribution in [0.15, 0.2) is 55.0 Å². The third-order valence-electron chi connectivity index (χ3n) is 3.74. The Morgan fingerprint density at radius 3 is 2.57 bits per heavy atom. The zero-order chi connectivity index (χ0) is 13.8. The van der Waals surface area contributed by atoms with Crippen LogP contribution in [0.3, 0.4) is 0 Å². The summed E-state index contributed by atoms with van der Waals surface area (Å²) in [5.41, 5.74) is 4.27. The van der Waals surface area contributed by atoms with Crippen molar-refractivity contribution < 1.29 is 0 Å². The third-order valence-corrected chi connectivity index (χ3v) is 3.74. The number of benzene rings is 1. The molecule has 0 aliphatic carbocycles. The summed E-state index contributed by atoms with van der Waals surface area (Å²) in [6.07, 6.45) is 5.17. The van der Waals surface area contributed by atoms with E-state index in [9.17, 15) is 0 Å². The van der Waals surface area contributed by atoms with Gasteiger partial charge in [-0.15, -0.1) is 0 Å². The Labute approximate surface area is 118 Å². The molecule has 5 heteroatoms. The first-order chi connectivity index (χ1) is 10.4. The third kappa shape index (κ3) is 1.30. The van der Waals surface area contributed by atoms with E-state index in [1.54, 1.807) is 12.4 Å². The molecule has 0 aliphatic heterocycles. The van der Waals surface area contributed by atoms with Gasteiger partial charge in [-0.25, -0.2) is 15.0 Å². The number of rotatable bonds is 0. The van der Waals surface area contributed by atoms with Gasteiger partial charge in [0, 0.05) is 29.4 Å². The van der Waals surface area contributed by atoms with Crippen LogP contribution in [0, 0.1) is 0 Å². The second kappa shape index (κ2) is 3.73. The van der Waals surface area contributed by atoms with Crippen molar-refractivity contribution in [2.24, 2.45) is 0 Å². The predicted octanol–water partition coefficient (Wildman–Crippen LogP) is 2.98. The number of nitrogens with zero attached hydrogens (tertiary/aromatic N) is 5. The first-order valence-electron chi connectivity index (χ1n) is 6.68. The lowest BCUT2D eigenvalue weighted by molar-refractivity contribution is 1.22. The lowest BCUT2D eigenvalue weighted by Gasteiger charge is -2.06. The number of hydrogen-bond acceptors (Lipinski definition) is 4. The summed E-state index contributed by atoms with van der Waals surface area (Å²) in [6, 6.07) is 12.1. The molecule has 98 valence electrons. The molecule has 5 nitrogen and oxygen atoms in total. The van der Waals surface area contributed by atoms with E-state index in [4.69, 9.17) is 0 Å². The zero-order valence-corrected chi connectivity index (χ0v) is 10.9. The van der Waals surface area contributed by atoms with Crippen LogP contribution >= 0.6 is 0 Å². The highest BCUT2D eigenvalue weighted by atomic mass is 15.1. The van der Waals surface area contributed by atoms with Crippen LogP contribution in [-0.2, 0) is 0 Å². The highest BCUT2D eigenvalue weighted by Crippen LogP contribution is 2.29. The van der Waals surface area contributed by atoms with Crippen LogP contribution in [0.1, 0.15) is 0 Å². The van der Waals surface area contributed by atoms with Crippen molar-refractivity contribution in [1.82, 2.24) is 24.3 Å². The fraction of sp³-hybridized carbons (Fsp3) is 0. The molecule has 0 N–H and O–H groups in total. The summed E-state index contributed by atoms with van der Waals surface area (Å²) in [7, 11) is 0. The van der Waals surface area contributed by atoms with Crippen LogP contribution in [-0.4, -0.2) is 24.3 Å². The summed E-state index contributed by atoms with van der Waals surface area (Å²) >= 11 is 0. The van der Waals surface area contributed by atoms with E-state index in [2.05, 4.69) is 36.5 Å². The highest BCUT2D eigenvalue weighted by molar-refractivity contribution is 6.11. The molecule has 21 heavy (non-hydrogen) atoms. The Hall–Kier alpha value is -3.08. The fourth-order valence-corrected chi connectivity index (χ4v) is 2.89. The number of hydrogen-bond donors (Lipinski definition) is 0. The van der Waals surface area contributed by atoms with Gasteiger partial charge in [0.1, 0.15) is 0 Å². The molecule has 0 amide bonds. The van der Waals surface area contributed by atoms with Crippen molar-refractivity contribution in [2.45, 2.75) is 0 Å². The molecule has 4 heterocycles. The summed E-state index contributed by atoms with van der Waals surface area (Å²) in [5.74, 6) is 0.